The van der Waals surface area contributed by atoms with E-state index in [0.29, 0.717) is 0 Å². The van der Waals surface area contributed by atoms with Gasteiger partial charge in [-0.1, -0.05) is 452 Å². The van der Waals surface area contributed by atoms with Crippen molar-refractivity contribution in [3.63, 3.8) is 0 Å². The summed E-state index contributed by atoms with van der Waals surface area (Å²) in [5.74, 6) is 0. The molecular weight excluding hydrogens is 1690 g/mol. The minimum absolute atomic E-state index is 0. The average molecular weight is 1780 g/mol. The van der Waals surface area contributed by atoms with Gasteiger partial charge in [0, 0.05) is 76.2 Å². The minimum Gasteiger partial charge on any atom is -0.455 e. The van der Waals surface area contributed by atoms with Crippen LogP contribution in [0, 0.1) is 0 Å². The van der Waals surface area contributed by atoms with Crippen molar-refractivity contribution in [1.29, 1.82) is 0 Å². The van der Waals surface area contributed by atoms with Crippen molar-refractivity contribution in [2.75, 3.05) is 9.80 Å². The molecule has 2 aromatic heterocycles. The lowest BCUT2D eigenvalue weighted by Crippen LogP contribution is -2.09. The summed E-state index contributed by atoms with van der Waals surface area (Å²) >= 11 is 1.90. The number of benzene rings is 22. The summed E-state index contributed by atoms with van der Waals surface area (Å²) in [6.45, 7) is 0. The standard InChI is InChI=1S/C66H45NO.C66H45NS.2CH4/c2*1-4-15-46(16-5-1)52-21-10-23-54(43-52)48-31-37-58(38-32-48)67(59-39-33-49(34-40-59)55-24-11-22-53(44-55)47-17-6-2-7-18-47)60-41-35-50(36-42-60)56-25-12-26-57(45-56)62-28-14-30-64-63-29-13-27-61(65(63)68-66(62)64)51-19-8-3-9-20-51;;/h2*1-45H;2*1H4. The van der Waals surface area contributed by atoms with Crippen LogP contribution < -0.4 is 9.80 Å². The Morgan fingerprint density at radius 1 is 0.130 bits per heavy atom. The highest BCUT2D eigenvalue weighted by atomic mass is 32.1. The molecule has 0 aliphatic heterocycles. The molecule has 0 bridgehead atoms. The molecule has 22 aromatic carbocycles. The van der Waals surface area contributed by atoms with Crippen LogP contribution >= 0.6 is 11.3 Å². The molecule has 0 spiro atoms. The number of anilines is 6. The maximum Gasteiger partial charge on any atom is 0.143 e. The molecule has 0 saturated carbocycles. The van der Waals surface area contributed by atoms with Crippen LogP contribution in [0.2, 0.25) is 0 Å². The second-order valence-corrected chi connectivity index (χ2v) is 35.6. The van der Waals surface area contributed by atoms with E-state index in [1.165, 1.54) is 143 Å². The van der Waals surface area contributed by atoms with Gasteiger partial charge in [0.05, 0.1) is 0 Å². The summed E-state index contributed by atoms with van der Waals surface area (Å²) in [4.78, 5) is 4.71. The Kier molecular flexibility index (Phi) is 24.8. The smallest absolute Gasteiger partial charge is 0.143 e. The normalized spacial score (nSPS) is 11.1. The molecule has 0 atom stereocenters. The quantitative estimate of drug-likeness (QED) is 0.0758. The van der Waals surface area contributed by atoms with Gasteiger partial charge in [-0.15, -0.1) is 11.3 Å². The summed E-state index contributed by atoms with van der Waals surface area (Å²) in [6, 6.07) is 197. The lowest BCUT2D eigenvalue weighted by atomic mass is 9.97. The summed E-state index contributed by atoms with van der Waals surface area (Å²) in [5.41, 5.74) is 41.6. The summed E-state index contributed by atoms with van der Waals surface area (Å²) < 4.78 is 9.45. The van der Waals surface area contributed by atoms with Crippen molar-refractivity contribution in [2.45, 2.75) is 14.9 Å². The van der Waals surface area contributed by atoms with E-state index in [2.05, 4.69) is 556 Å². The Balaban J connectivity index is 0.000000162. The predicted molar refractivity (Wildman–Crippen MR) is 592 cm³/mol. The summed E-state index contributed by atoms with van der Waals surface area (Å²) in [6.07, 6.45) is 0. The first-order valence-electron chi connectivity index (χ1n) is 46.5. The molecule has 0 aliphatic rings. The third kappa shape index (κ3) is 17.9. The van der Waals surface area contributed by atoms with E-state index < -0.39 is 0 Å². The van der Waals surface area contributed by atoms with Crippen LogP contribution in [-0.2, 0) is 0 Å². The van der Waals surface area contributed by atoms with Crippen LogP contribution in [0.4, 0.5) is 34.1 Å². The molecule has 0 amide bonds. The third-order valence-corrected chi connectivity index (χ3v) is 27.5. The van der Waals surface area contributed by atoms with Crippen LogP contribution in [0.1, 0.15) is 14.9 Å². The highest BCUT2D eigenvalue weighted by Crippen LogP contribution is 2.48. The van der Waals surface area contributed by atoms with Crippen molar-refractivity contribution >= 4 is 87.6 Å². The monoisotopic (exact) mass is 1780 g/mol. The van der Waals surface area contributed by atoms with Gasteiger partial charge in [-0.3, -0.25) is 0 Å². The van der Waals surface area contributed by atoms with E-state index in [1.807, 2.05) is 11.3 Å². The largest absolute Gasteiger partial charge is 0.455 e. The van der Waals surface area contributed by atoms with E-state index >= 15 is 0 Å². The van der Waals surface area contributed by atoms with E-state index in [4.69, 9.17) is 4.42 Å². The van der Waals surface area contributed by atoms with Gasteiger partial charge in [-0.25, -0.2) is 0 Å². The summed E-state index contributed by atoms with van der Waals surface area (Å²) in [7, 11) is 0. The van der Waals surface area contributed by atoms with Crippen LogP contribution in [0.25, 0.3) is 198 Å². The molecular formula is C134H98N2OS. The van der Waals surface area contributed by atoms with E-state index in [0.717, 1.165) is 89.4 Å². The first-order chi connectivity index (χ1) is 67.4. The van der Waals surface area contributed by atoms with Gasteiger partial charge in [0.2, 0.25) is 0 Å². The molecule has 138 heavy (non-hydrogen) atoms. The number of hydrogen-bond acceptors (Lipinski definition) is 4. The van der Waals surface area contributed by atoms with Crippen molar-refractivity contribution in [1.82, 2.24) is 0 Å². The molecule has 656 valence electrons. The molecule has 0 unspecified atom stereocenters. The number of nitrogens with zero attached hydrogens (tertiary/aromatic N) is 2. The van der Waals surface area contributed by atoms with Gasteiger partial charge in [0.15, 0.2) is 0 Å². The molecule has 0 fully saturated rings. The number of para-hydroxylation sites is 2. The molecule has 0 saturated heterocycles. The van der Waals surface area contributed by atoms with Gasteiger partial charge >= 0.3 is 0 Å². The predicted octanol–water partition coefficient (Wildman–Crippen LogP) is 39.2. The van der Waals surface area contributed by atoms with Gasteiger partial charge < -0.3 is 14.2 Å². The van der Waals surface area contributed by atoms with Gasteiger partial charge in [-0.05, 0) is 254 Å². The Morgan fingerprint density at radius 3 is 0.551 bits per heavy atom. The van der Waals surface area contributed by atoms with Crippen LogP contribution in [0.5, 0.6) is 0 Å². The molecule has 24 rings (SSSR count). The van der Waals surface area contributed by atoms with E-state index in [1.54, 1.807) is 0 Å². The molecule has 4 heteroatoms. The zero-order valence-corrected chi connectivity index (χ0v) is 75.5. The fourth-order valence-electron chi connectivity index (χ4n) is 19.3. The first kappa shape index (κ1) is 87.1. The topological polar surface area (TPSA) is 19.6 Å². The molecule has 3 nitrogen and oxygen atoms in total. The highest BCUT2D eigenvalue weighted by Gasteiger charge is 2.22. The lowest BCUT2D eigenvalue weighted by molar-refractivity contribution is 0.671. The van der Waals surface area contributed by atoms with E-state index in [9.17, 15) is 0 Å². The fraction of sp³-hybridized carbons (Fsp3) is 0.0149. The van der Waals surface area contributed by atoms with Gasteiger partial charge in [0.1, 0.15) is 11.2 Å². The number of hydrogen-bond donors (Lipinski definition) is 0. The second-order valence-electron chi connectivity index (χ2n) is 34.6. The fourth-order valence-corrected chi connectivity index (χ4v) is 20.6. The molecule has 0 aliphatic carbocycles. The highest BCUT2D eigenvalue weighted by molar-refractivity contribution is 7.26. The second kappa shape index (κ2) is 39.3. The number of thiophene rings is 1. The summed E-state index contributed by atoms with van der Waals surface area (Å²) in [5, 5.41) is 4.85. The Hall–Kier alpha value is -17.5. The molecule has 24 aromatic rings. The first-order valence-corrected chi connectivity index (χ1v) is 47.3. The van der Waals surface area contributed by atoms with E-state index in [-0.39, 0.29) is 14.9 Å². The molecule has 0 radical (unpaired) electrons. The maximum absolute atomic E-state index is 6.80. The SMILES string of the molecule is C.C.c1ccc(-c2cccc(-c3ccc(N(c4ccc(-c5cccc(-c6ccccc6)c5)cc4)c4ccc(-c5cccc(-c6cccc7c6oc6c(-c8ccccc8)cccc67)c5)cc4)cc3)c2)cc1.c1ccc(-c2cccc(-c3ccc(N(c4ccc(-c5cccc(-c6ccccc6)c5)cc4)c4ccc(-c5cccc(-c6cccc7c6sc6c(-c8ccccc8)cccc67)c5)cc4)cc3)c2)cc1. The Labute approximate surface area is 812 Å². The van der Waals surface area contributed by atoms with Crippen LogP contribution in [0.15, 0.2) is 550 Å². The van der Waals surface area contributed by atoms with Crippen molar-refractivity contribution in [3.05, 3.63) is 546 Å². The molecule has 0 N–H and O–H groups in total. The average Bonchev–Trinajstić information content (AvgIpc) is 1.61. The van der Waals surface area contributed by atoms with Crippen molar-refractivity contribution < 1.29 is 4.42 Å². The zero-order valence-electron chi connectivity index (χ0n) is 74.7. The van der Waals surface area contributed by atoms with Gasteiger partial charge in [-0.2, -0.15) is 0 Å². The number of furan rings is 1. The maximum atomic E-state index is 6.80. The number of rotatable bonds is 20. The Morgan fingerprint density at radius 2 is 0.297 bits per heavy atom. The third-order valence-electron chi connectivity index (χ3n) is 26.2. The Bertz CT molecular complexity index is 7620. The molecule has 2 heterocycles. The van der Waals surface area contributed by atoms with Crippen LogP contribution in [0.3, 0.4) is 0 Å². The van der Waals surface area contributed by atoms with Gasteiger partial charge in [0.25, 0.3) is 0 Å². The number of fused-ring (bicyclic) bond motifs is 6. The zero-order chi connectivity index (χ0) is 90.5. The lowest BCUT2D eigenvalue weighted by Gasteiger charge is -2.26. The van der Waals surface area contributed by atoms with Crippen molar-refractivity contribution in [2.24, 2.45) is 0 Å². The van der Waals surface area contributed by atoms with Crippen molar-refractivity contribution in [3.8, 4) is 156 Å². The minimum atomic E-state index is 0. The van der Waals surface area contributed by atoms with Crippen LogP contribution in [-0.4, -0.2) is 0 Å².